The topological polar surface area (TPSA) is 225 Å². The molecule has 2 atom stereocenters. The number of unbranched alkanes of at least 4 members (excludes halogenated alkanes) is 6. The molecule has 2 unspecified atom stereocenters. The van der Waals surface area contributed by atoms with Gasteiger partial charge in [-0.15, -0.1) is 11.6 Å². The third-order valence-corrected chi connectivity index (χ3v) is 16.3. The number of nitrogens with one attached hydrogen (secondary N) is 1. The van der Waals surface area contributed by atoms with Crippen molar-refractivity contribution in [3.05, 3.63) is 70.4 Å². The SMILES string of the molecule is CC1(CCCCS(=O)(=O)[O-])C(=CC=CC2=[N+]3CCCc4ccc(S(=O)(=O)[O-])c(c43)C2(C)CCCCCC(=O)NCCOCCOCCCCCCCl)N2CCCc3ccc(S(=O)(=O)[O-])c1c32.[Na+].[Na+]. The van der Waals surface area contributed by atoms with Gasteiger partial charge in [0.05, 0.1) is 50.7 Å². The Balaban J connectivity index is 0.00000504. The molecule has 4 heterocycles. The molecule has 2 aromatic rings. The van der Waals surface area contributed by atoms with Gasteiger partial charge in [0.2, 0.25) is 11.6 Å². The summed E-state index contributed by atoms with van der Waals surface area (Å²) in [7, 11) is -14.3. The van der Waals surface area contributed by atoms with Crippen molar-refractivity contribution in [1.29, 1.82) is 0 Å². The third kappa shape index (κ3) is 14.5. The molecule has 0 fully saturated rings. The van der Waals surface area contributed by atoms with E-state index in [2.05, 4.69) is 9.89 Å². The molecule has 21 heteroatoms. The van der Waals surface area contributed by atoms with Crippen LogP contribution in [0.15, 0.2) is 58.0 Å². The summed E-state index contributed by atoms with van der Waals surface area (Å²) >= 11 is 5.70. The Hall–Kier alpha value is -1.20. The number of alkyl halides is 1. The number of halogens is 1. The summed E-state index contributed by atoms with van der Waals surface area (Å²) in [5.41, 5.74) is 3.65. The van der Waals surface area contributed by atoms with Gasteiger partial charge >= 0.3 is 59.1 Å². The van der Waals surface area contributed by atoms with E-state index in [1.54, 1.807) is 12.1 Å². The molecule has 6 rings (SSSR count). The summed E-state index contributed by atoms with van der Waals surface area (Å²) in [4.78, 5) is 14.1. The molecule has 4 aliphatic heterocycles. The molecule has 68 heavy (non-hydrogen) atoms. The van der Waals surface area contributed by atoms with Crippen LogP contribution < -0.4 is 69.3 Å². The molecule has 2 aromatic carbocycles. The Morgan fingerprint density at radius 3 is 2.07 bits per heavy atom. The first-order valence-corrected chi connectivity index (χ1v) is 28.2. The van der Waals surface area contributed by atoms with E-state index in [1.807, 2.05) is 37.0 Å². The van der Waals surface area contributed by atoms with Gasteiger partial charge in [0, 0.05) is 78.2 Å². The van der Waals surface area contributed by atoms with E-state index in [4.69, 9.17) is 21.1 Å². The first-order chi connectivity index (χ1) is 31.3. The number of nitrogens with zero attached hydrogens (tertiary/aromatic N) is 2. The van der Waals surface area contributed by atoms with Gasteiger partial charge < -0.3 is 33.3 Å². The number of carbonyl (C=O) groups is 1. The van der Waals surface area contributed by atoms with E-state index in [1.165, 1.54) is 12.1 Å². The van der Waals surface area contributed by atoms with Crippen LogP contribution in [0.4, 0.5) is 11.4 Å². The zero-order valence-electron chi connectivity index (χ0n) is 40.1. The number of anilines is 1. The maximum atomic E-state index is 12.9. The molecule has 1 amide bonds. The minimum absolute atomic E-state index is 0. The molecule has 0 aromatic heterocycles. The fourth-order valence-electron chi connectivity index (χ4n) is 10.5. The van der Waals surface area contributed by atoms with Gasteiger partial charge in [0.1, 0.15) is 26.8 Å². The summed E-state index contributed by atoms with van der Waals surface area (Å²) < 4.78 is 125. The van der Waals surface area contributed by atoms with Gasteiger partial charge in [-0.1, -0.05) is 50.3 Å². The molecule has 1 N–H and O–H groups in total. The molecule has 15 nitrogen and oxygen atoms in total. The van der Waals surface area contributed by atoms with Gasteiger partial charge in [-0.25, -0.2) is 25.3 Å². The minimum atomic E-state index is -4.92. The van der Waals surface area contributed by atoms with Crippen LogP contribution in [0.2, 0.25) is 0 Å². The number of hydrogen-bond donors (Lipinski definition) is 1. The average Bonchev–Trinajstić information content (AvgIpc) is 3.65. The van der Waals surface area contributed by atoms with Crippen molar-refractivity contribution in [3.8, 4) is 0 Å². The van der Waals surface area contributed by atoms with Crippen LogP contribution in [-0.4, -0.2) is 113 Å². The fraction of sp³-hybridized carbons (Fsp3) is 0.617. The Morgan fingerprint density at radius 2 is 1.38 bits per heavy atom. The summed E-state index contributed by atoms with van der Waals surface area (Å²) in [6, 6.07) is 6.20. The molecular formula is C47H64ClN3Na2O12S3. The normalized spacial score (nSPS) is 20.4. The van der Waals surface area contributed by atoms with E-state index in [0.717, 1.165) is 66.7 Å². The average molecular weight is 1040 g/mol. The number of ether oxygens (including phenoxy) is 2. The van der Waals surface area contributed by atoms with Crippen LogP contribution in [0, 0.1) is 0 Å². The molecule has 0 aliphatic carbocycles. The van der Waals surface area contributed by atoms with Crippen molar-refractivity contribution in [2.45, 2.75) is 137 Å². The van der Waals surface area contributed by atoms with E-state index in [0.29, 0.717) is 114 Å². The number of rotatable bonds is 27. The second-order valence-corrected chi connectivity index (χ2v) is 22.8. The predicted octanol–water partition coefficient (Wildman–Crippen LogP) is 0.584. The molecule has 0 bridgehead atoms. The Labute approximate surface area is 453 Å². The van der Waals surface area contributed by atoms with Crippen molar-refractivity contribution in [1.82, 2.24) is 5.32 Å². The Morgan fingerprint density at radius 1 is 0.765 bits per heavy atom. The van der Waals surface area contributed by atoms with Crippen molar-refractivity contribution < 1.29 is 117 Å². The number of carbonyl (C=O) groups excluding carboxylic acids is 1. The van der Waals surface area contributed by atoms with Crippen molar-refractivity contribution >= 4 is 64.9 Å². The molecule has 4 aliphatic rings. The van der Waals surface area contributed by atoms with Crippen LogP contribution >= 0.6 is 11.6 Å². The Kier molecular flexibility index (Phi) is 22.8. The largest absolute Gasteiger partial charge is 1.00 e. The summed E-state index contributed by atoms with van der Waals surface area (Å²) in [6.45, 7) is 7.33. The van der Waals surface area contributed by atoms with Crippen LogP contribution in [0.1, 0.15) is 126 Å². The Bertz CT molecular complexity index is 2540. The zero-order chi connectivity index (χ0) is 47.8. The second kappa shape index (κ2) is 26.1. The van der Waals surface area contributed by atoms with Crippen molar-refractivity contribution in [3.63, 3.8) is 0 Å². The van der Waals surface area contributed by atoms with Crippen LogP contribution in [0.3, 0.4) is 0 Å². The minimum Gasteiger partial charge on any atom is -0.748 e. The van der Waals surface area contributed by atoms with Crippen LogP contribution in [0.25, 0.3) is 0 Å². The van der Waals surface area contributed by atoms with E-state index in [-0.39, 0.29) is 94.1 Å². The van der Waals surface area contributed by atoms with Crippen LogP contribution in [0.5, 0.6) is 0 Å². The van der Waals surface area contributed by atoms with Crippen molar-refractivity contribution in [2.75, 3.05) is 62.6 Å². The molecule has 366 valence electrons. The quantitative estimate of drug-likeness (QED) is 0.0426. The van der Waals surface area contributed by atoms with Gasteiger partial charge in [-0.2, -0.15) is 4.58 Å². The fourth-order valence-corrected chi connectivity index (χ4v) is 12.8. The number of aryl methyl sites for hydroxylation is 2. The molecule has 0 saturated carbocycles. The van der Waals surface area contributed by atoms with Gasteiger partial charge in [-0.3, -0.25) is 4.79 Å². The summed E-state index contributed by atoms with van der Waals surface area (Å²) in [6.07, 6.45) is 16.1. The van der Waals surface area contributed by atoms with Gasteiger partial charge in [0.15, 0.2) is 5.71 Å². The summed E-state index contributed by atoms with van der Waals surface area (Å²) in [5, 5.41) is 2.90. The van der Waals surface area contributed by atoms with E-state index >= 15 is 0 Å². The van der Waals surface area contributed by atoms with Crippen molar-refractivity contribution in [2.24, 2.45) is 0 Å². The molecule has 0 radical (unpaired) electrons. The number of benzene rings is 2. The van der Waals surface area contributed by atoms with E-state index < -0.39 is 46.9 Å². The van der Waals surface area contributed by atoms with Gasteiger partial charge in [-0.05, 0) is 95.4 Å². The third-order valence-electron chi connectivity index (χ3n) is 13.5. The number of allylic oxidation sites excluding steroid dienone is 4. The number of hydrogen-bond acceptors (Lipinski definition) is 13. The molecular weight excluding hydrogens is 976 g/mol. The maximum Gasteiger partial charge on any atom is 1.00 e. The standard InChI is InChI=1S/C47H66ClN3O12S3.2Na/c1-46(24-7-5-6-19-41(52)49-27-31-63-33-32-62-30-10-4-3-9-26-48)39(50-28-13-15-35-20-22-37(65(56,57)58)42(46)44(35)50)17-12-18-40-47(2,25-8-11-34-64(53,54)55)43-38(66(59,60)61)23-21-36-16-14-29-51(40)45(36)43;;/h12,17-18,20-23H,3-11,13-16,19,24-34H2,1-2H3,(H3-,49,52,53,54,55,56,57,58,59,60,61);;/q;2*+1/p-2. The van der Waals surface area contributed by atoms with E-state index in [9.17, 15) is 43.7 Å². The maximum absolute atomic E-state index is 12.9. The predicted molar refractivity (Wildman–Crippen MR) is 250 cm³/mol. The van der Waals surface area contributed by atoms with Crippen LogP contribution in [-0.2, 0) is 68.3 Å². The summed E-state index contributed by atoms with van der Waals surface area (Å²) in [5.74, 6) is 0.0203. The first kappa shape index (κ1) is 59.4. The molecule has 0 spiro atoms. The smallest absolute Gasteiger partial charge is 0.748 e. The number of amides is 1. The van der Waals surface area contributed by atoms with Gasteiger partial charge in [0.25, 0.3) is 0 Å². The first-order valence-electron chi connectivity index (χ1n) is 23.3. The monoisotopic (exact) mass is 1040 g/mol. The second-order valence-electron chi connectivity index (χ2n) is 18.2. The zero-order valence-corrected chi connectivity index (χ0v) is 47.3. The molecule has 0 saturated heterocycles.